The number of aryl methyl sites for hydroxylation is 2. The van der Waals surface area contributed by atoms with Crippen molar-refractivity contribution in [2.24, 2.45) is 0 Å². The Bertz CT molecular complexity index is 1150. The van der Waals surface area contributed by atoms with Crippen LogP contribution in [0.4, 0.5) is 23.1 Å². The van der Waals surface area contributed by atoms with Crippen LogP contribution in [-0.4, -0.2) is 21.5 Å². The molecule has 0 atom stereocenters. The highest BCUT2D eigenvalue weighted by Gasteiger charge is 2.20. The highest BCUT2D eigenvalue weighted by Crippen LogP contribution is 2.32. The van der Waals surface area contributed by atoms with E-state index >= 15 is 0 Å². The van der Waals surface area contributed by atoms with Crippen LogP contribution >= 0.6 is 0 Å². The van der Waals surface area contributed by atoms with Gasteiger partial charge in [0.05, 0.1) is 11.2 Å². The molecule has 0 saturated heterocycles. The summed E-state index contributed by atoms with van der Waals surface area (Å²) in [6.45, 7) is 2.93. The quantitative estimate of drug-likeness (QED) is 0.542. The maximum absolute atomic E-state index is 4.83. The Kier molecular flexibility index (Phi) is 4.13. The number of para-hydroxylation sites is 2. The number of nitrogens with zero attached hydrogens (tertiary/aromatic N) is 4. The Hall–Kier alpha value is -3.47. The van der Waals surface area contributed by atoms with E-state index in [1.165, 1.54) is 11.3 Å². The maximum Gasteiger partial charge on any atom is 0.232 e. The molecular formula is C23H21N5. The number of hydrogen-bond donors (Lipinski definition) is 1. The van der Waals surface area contributed by atoms with Crippen LogP contribution in [0.25, 0.3) is 10.9 Å². The lowest BCUT2D eigenvalue weighted by atomic mass is 10.0. The van der Waals surface area contributed by atoms with Crippen LogP contribution in [-0.2, 0) is 6.42 Å². The van der Waals surface area contributed by atoms with E-state index in [2.05, 4.69) is 51.6 Å². The van der Waals surface area contributed by atoms with Gasteiger partial charge in [-0.3, -0.25) is 4.98 Å². The van der Waals surface area contributed by atoms with Crippen molar-refractivity contribution in [3.8, 4) is 0 Å². The van der Waals surface area contributed by atoms with Gasteiger partial charge in [0.25, 0.3) is 0 Å². The first-order valence-corrected chi connectivity index (χ1v) is 9.60. The monoisotopic (exact) mass is 367 g/mol. The molecule has 1 aliphatic rings. The maximum atomic E-state index is 4.83. The van der Waals surface area contributed by atoms with Gasteiger partial charge in [0.2, 0.25) is 5.95 Å². The second-order valence-corrected chi connectivity index (χ2v) is 7.08. The molecule has 5 rings (SSSR count). The first-order valence-electron chi connectivity index (χ1n) is 9.60. The molecule has 3 heterocycles. The van der Waals surface area contributed by atoms with E-state index in [4.69, 9.17) is 9.97 Å². The van der Waals surface area contributed by atoms with E-state index in [0.717, 1.165) is 53.4 Å². The van der Waals surface area contributed by atoms with Crippen LogP contribution < -0.4 is 10.2 Å². The molecule has 0 unspecified atom stereocenters. The van der Waals surface area contributed by atoms with Crippen LogP contribution in [0.5, 0.6) is 0 Å². The van der Waals surface area contributed by atoms with Crippen LogP contribution in [0.15, 0.2) is 66.9 Å². The minimum absolute atomic E-state index is 0.739. The van der Waals surface area contributed by atoms with Gasteiger partial charge in [-0.15, -0.1) is 0 Å². The van der Waals surface area contributed by atoms with Gasteiger partial charge in [0.1, 0.15) is 5.82 Å². The number of aromatic nitrogens is 3. The lowest BCUT2D eigenvalue weighted by Gasteiger charge is -2.29. The number of fused-ring (bicyclic) bond motifs is 2. The molecule has 5 heteroatoms. The fourth-order valence-corrected chi connectivity index (χ4v) is 3.82. The van der Waals surface area contributed by atoms with Crippen LogP contribution in [0.1, 0.15) is 17.7 Å². The van der Waals surface area contributed by atoms with E-state index in [0.29, 0.717) is 0 Å². The van der Waals surface area contributed by atoms with E-state index in [-0.39, 0.29) is 0 Å². The summed E-state index contributed by atoms with van der Waals surface area (Å²) in [5, 5.41) is 4.55. The zero-order chi connectivity index (χ0) is 18.9. The molecule has 0 saturated carbocycles. The molecule has 0 radical (unpaired) electrons. The molecule has 0 amide bonds. The number of benzene rings is 2. The summed E-state index contributed by atoms with van der Waals surface area (Å²) >= 11 is 0. The van der Waals surface area contributed by atoms with Gasteiger partial charge in [-0.05, 0) is 43.5 Å². The highest BCUT2D eigenvalue weighted by molar-refractivity contribution is 5.91. The average molecular weight is 367 g/mol. The fraction of sp³-hybridized carbons (Fsp3) is 0.174. The number of rotatable bonds is 3. The smallest absolute Gasteiger partial charge is 0.232 e. The number of hydrogen-bond acceptors (Lipinski definition) is 5. The van der Waals surface area contributed by atoms with E-state index in [9.17, 15) is 0 Å². The van der Waals surface area contributed by atoms with E-state index < -0.39 is 0 Å². The van der Waals surface area contributed by atoms with Gasteiger partial charge >= 0.3 is 0 Å². The van der Waals surface area contributed by atoms with Crippen LogP contribution in [0, 0.1) is 6.92 Å². The average Bonchev–Trinajstić information content (AvgIpc) is 2.73. The second kappa shape index (κ2) is 6.93. The second-order valence-electron chi connectivity index (χ2n) is 7.08. The molecule has 138 valence electrons. The van der Waals surface area contributed by atoms with Gasteiger partial charge in [0.15, 0.2) is 0 Å². The third-order valence-corrected chi connectivity index (χ3v) is 5.09. The normalized spacial score (nSPS) is 13.4. The molecule has 1 N–H and O–H groups in total. The molecule has 4 aromatic rings. The van der Waals surface area contributed by atoms with Crippen molar-refractivity contribution in [1.82, 2.24) is 15.0 Å². The lowest BCUT2D eigenvalue weighted by Crippen LogP contribution is -2.26. The molecule has 0 aliphatic carbocycles. The molecule has 0 fully saturated rings. The molecule has 0 bridgehead atoms. The third kappa shape index (κ3) is 3.05. The number of anilines is 4. The SMILES string of the molecule is Cc1cc(Nc2cccc3cccnc23)nc(N2CCCc3ccccc32)n1. The molecule has 5 nitrogen and oxygen atoms in total. The predicted octanol–water partition coefficient (Wildman–Crippen LogP) is 5.16. The topological polar surface area (TPSA) is 53.9 Å². The van der Waals surface area contributed by atoms with Crippen molar-refractivity contribution in [3.05, 3.63) is 78.1 Å². The molecule has 1 aliphatic heterocycles. The molecule has 2 aromatic heterocycles. The largest absolute Gasteiger partial charge is 0.338 e. The number of pyridine rings is 1. The Morgan fingerprint density at radius 1 is 0.964 bits per heavy atom. The van der Waals surface area contributed by atoms with Crippen molar-refractivity contribution in [3.63, 3.8) is 0 Å². The van der Waals surface area contributed by atoms with Crippen molar-refractivity contribution in [1.29, 1.82) is 0 Å². The van der Waals surface area contributed by atoms with Crippen molar-refractivity contribution in [2.45, 2.75) is 19.8 Å². The van der Waals surface area contributed by atoms with Gasteiger partial charge < -0.3 is 10.2 Å². The van der Waals surface area contributed by atoms with Crippen LogP contribution in [0.3, 0.4) is 0 Å². The van der Waals surface area contributed by atoms with Crippen molar-refractivity contribution >= 4 is 34.0 Å². The van der Waals surface area contributed by atoms with Gasteiger partial charge in [-0.2, -0.15) is 4.98 Å². The van der Waals surface area contributed by atoms with Crippen molar-refractivity contribution < 1.29 is 0 Å². The lowest BCUT2D eigenvalue weighted by molar-refractivity contribution is 0.749. The minimum atomic E-state index is 0.739. The Morgan fingerprint density at radius 3 is 2.82 bits per heavy atom. The summed E-state index contributed by atoms with van der Waals surface area (Å²) in [6, 6.07) is 20.6. The first kappa shape index (κ1) is 16.7. The van der Waals surface area contributed by atoms with Gasteiger partial charge in [0, 0.05) is 35.6 Å². The fourth-order valence-electron chi connectivity index (χ4n) is 3.82. The summed E-state index contributed by atoms with van der Waals surface area (Å²) < 4.78 is 0. The molecular weight excluding hydrogens is 346 g/mol. The van der Waals surface area contributed by atoms with E-state index in [1.54, 1.807) is 0 Å². The number of nitrogens with one attached hydrogen (secondary N) is 1. The summed E-state index contributed by atoms with van der Waals surface area (Å²) in [4.78, 5) is 16.3. The Labute approximate surface area is 164 Å². The Balaban J connectivity index is 1.54. The van der Waals surface area contributed by atoms with Crippen molar-refractivity contribution in [2.75, 3.05) is 16.8 Å². The van der Waals surface area contributed by atoms with Gasteiger partial charge in [-0.1, -0.05) is 36.4 Å². The minimum Gasteiger partial charge on any atom is -0.338 e. The predicted molar refractivity (Wildman–Crippen MR) is 114 cm³/mol. The van der Waals surface area contributed by atoms with Gasteiger partial charge in [-0.25, -0.2) is 4.98 Å². The van der Waals surface area contributed by atoms with Crippen LogP contribution in [0.2, 0.25) is 0 Å². The Morgan fingerprint density at radius 2 is 1.86 bits per heavy atom. The zero-order valence-electron chi connectivity index (χ0n) is 15.8. The zero-order valence-corrected chi connectivity index (χ0v) is 15.8. The first-order chi connectivity index (χ1) is 13.8. The third-order valence-electron chi connectivity index (χ3n) is 5.09. The van der Waals surface area contributed by atoms with E-state index in [1.807, 2.05) is 37.4 Å². The summed E-state index contributed by atoms with van der Waals surface area (Å²) in [5.74, 6) is 1.52. The highest BCUT2D eigenvalue weighted by atomic mass is 15.3. The summed E-state index contributed by atoms with van der Waals surface area (Å²) in [5.41, 5.74) is 5.37. The molecule has 2 aromatic carbocycles. The molecule has 0 spiro atoms. The molecule has 28 heavy (non-hydrogen) atoms. The summed E-state index contributed by atoms with van der Waals surface area (Å²) in [6.07, 6.45) is 4.02. The summed E-state index contributed by atoms with van der Waals surface area (Å²) in [7, 11) is 0. The standard InChI is InChI=1S/C23H21N5/c1-16-15-21(26-19-11-4-8-18-9-5-13-24-22(18)19)27-23(25-16)28-14-6-10-17-7-2-3-12-20(17)28/h2-5,7-9,11-13,15H,6,10,14H2,1H3,(H,25,26,27).